The van der Waals surface area contributed by atoms with Gasteiger partial charge in [0.2, 0.25) is 0 Å². The van der Waals surface area contributed by atoms with Crippen molar-refractivity contribution in [3.05, 3.63) is 29.8 Å². The molecule has 0 saturated carbocycles. The van der Waals surface area contributed by atoms with Gasteiger partial charge in [0, 0.05) is 24.0 Å². The van der Waals surface area contributed by atoms with Crippen LogP contribution in [0.2, 0.25) is 0 Å². The van der Waals surface area contributed by atoms with E-state index in [1.54, 1.807) is 0 Å². The van der Waals surface area contributed by atoms with E-state index < -0.39 is 9.84 Å². The van der Waals surface area contributed by atoms with Crippen LogP contribution in [0.5, 0.6) is 5.75 Å². The molecule has 1 unspecified atom stereocenters. The summed E-state index contributed by atoms with van der Waals surface area (Å²) >= 11 is 0. The molecule has 0 amide bonds. The highest BCUT2D eigenvalue weighted by molar-refractivity contribution is 7.90. The predicted octanol–water partition coefficient (Wildman–Crippen LogP) is 1.39. The van der Waals surface area contributed by atoms with E-state index in [1.165, 1.54) is 11.8 Å². The molecule has 0 aliphatic carbocycles. The molecule has 5 heteroatoms. The molecule has 19 heavy (non-hydrogen) atoms. The second-order valence-electron chi connectivity index (χ2n) is 5.51. The van der Waals surface area contributed by atoms with Crippen LogP contribution in [0.25, 0.3) is 0 Å². The maximum absolute atomic E-state index is 11.2. The predicted molar refractivity (Wildman–Crippen MR) is 76.1 cm³/mol. The fourth-order valence-electron chi connectivity index (χ4n) is 2.58. The SMILES string of the molecule is CS(=O)(=O)CCCC1(CN)COc2ccccc2C1. The molecule has 1 aromatic carbocycles. The van der Waals surface area contributed by atoms with Gasteiger partial charge in [-0.25, -0.2) is 8.42 Å². The third-order valence-electron chi connectivity index (χ3n) is 3.73. The van der Waals surface area contributed by atoms with Crippen LogP contribution in [0.15, 0.2) is 24.3 Å². The number of rotatable bonds is 5. The van der Waals surface area contributed by atoms with Gasteiger partial charge >= 0.3 is 0 Å². The topological polar surface area (TPSA) is 69.4 Å². The summed E-state index contributed by atoms with van der Waals surface area (Å²) in [6.45, 7) is 1.09. The third kappa shape index (κ3) is 3.70. The Hall–Kier alpha value is -1.07. The second kappa shape index (κ2) is 5.51. The Morgan fingerprint density at radius 1 is 1.37 bits per heavy atom. The van der Waals surface area contributed by atoms with Crippen LogP contribution >= 0.6 is 0 Å². The van der Waals surface area contributed by atoms with E-state index >= 15 is 0 Å². The van der Waals surface area contributed by atoms with Crippen molar-refractivity contribution < 1.29 is 13.2 Å². The van der Waals surface area contributed by atoms with Crippen molar-refractivity contribution >= 4 is 9.84 Å². The van der Waals surface area contributed by atoms with Gasteiger partial charge in [-0.15, -0.1) is 0 Å². The van der Waals surface area contributed by atoms with Gasteiger partial charge in [0.05, 0.1) is 6.61 Å². The van der Waals surface area contributed by atoms with E-state index in [9.17, 15) is 8.42 Å². The van der Waals surface area contributed by atoms with Crippen molar-refractivity contribution in [2.45, 2.75) is 19.3 Å². The first-order chi connectivity index (χ1) is 8.94. The van der Waals surface area contributed by atoms with Crippen LogP contribution in [-0.2, 0) is 16.3 Å². The third-order valence-corrected chi connectivity index (χ3v) is 4.76. The molecule has 4 nitrogen and oxygen atoms in total. The molecular weight excluding hydrogens is 262 g/mol. The number of benzene rings is 1. The Bertz CT molecular complexity index is 541. The summed E-state index contributed by atoms with van der Waals surface area (Å²) in [6.07, 6.45) is 3.56. The molecule has 0 fully saturated rings. The number of nitrogens with two attached hydrogens (primary N) is 1. The molecule has 1 aliphatic heterocycles. The molecule has 0 aromatic heterocycles. The van der Waals surface area contributed by atoms with Crippen LogP contribution in [0.1, 0.15) is 18.4 Å². The van der Waals surface area contributed by atoms with Crippen LogP contribution in [0.3, 0.4) is 0 Å². The van der Waals surface area contributed by atoms with Gasteiger partial charge in [0.1, 0.15) is 15.6 Å². The zero-order valence-corrected chi connectivity index (χ0v) is 12.1. The van der Waals surface area contributed by atoms with Crippen molar-refractivity contribution in [2.24, 2.45) is 11.1 Å². The van der Waals surface area contributed by atoms with Crippen LogP contribution < -0.4 is 10.5 Å². The lowest BCUT2D eigenvalue weighted by Gasteiger charge is -2.37. The number of para-hydroxylation sites is 1. The number of hydrogen-bond donors (Lipinski definition) is 1. The molecule has 0 saturated heterocycles. The lowest BCUT2D eigenvalue weighted by molar-refractivity contribution is 0.116. The molecular formula is C14H21NO3S. The molecule has 0 bridgehead atoms. The Balaban J connectivity index is 2.05. The second-order valence-corrected chi connectivity index (χ2v) is 7.77. The van der Waals surface area contributed by atoms with Crippen LogP contribution in [0.4, 0.5) is 0 Å². The molecule has 106 valence electrons. The van der Waals surface area contributed by atoms with Gasteiger partial charge < -0.3 is 10.5 Å². The van der Waals surface area contributed by atoms with E-state index in [2.05, 4.69) is 6.07 Å². The maximum atomic E-state index is 11.2. The summed E-state index contributed by atoms with van der Waals surface area (Å²) in [4.78, 5) is 0. The summed E-state index contributed by atoms with van der Waals surface area (Å²) in [6, 6.07) is 7.96. The van der Waals surface area contributed by atoms with Crippen molar-refractivity contribution in [3.8, 4) is 5.75 Å². The minimum atomic E-state index is -2.90. The number of sulfone groups is 1. The van der Waals surface area contributed by atoms with Gasteiger partial charge in [-0.05, 0) is 30.9 Å². The number of hydrogen-bond acceptors (Lipinski definition) is 4. The standard InChI is InChI=1S/C14H21NO3S/c1-19(16,17)8-4-7-14(10-15)9-12-5-2-3-6-13(12)18-11-14/h2-3,5-6H,4,7-11,15H2,1H3. The van der Waals surface area contributed by atoms with Gasteiger partial charge in [-0.1, -0.05) is 18.2 Å². The van der Waals surface area contributed by atoms with Crippen molar-refractivity contribution in [1.82, 2.24) is 0 Å². The van der Waals surface area contributed by atoms with Crippen molar-refractivity contribution in [1.29, 1.82) is 0 Å². The van der Waals surface area contributed by atoms with E-state index in [0.29, 0.717) is 19.6 Å². The van der Waals surface area contributed by atoms with Crippen molar-refractivity contribution in [2.75, 3.05) is 25.2 Å². The molecule has 0 spiro atoms. The summed E-state index contributed by atoms with van der Waals surface area (Å²) < 4.78 is 28.2. The molecule has 0 radical (unpaired) electrons. The van der Waals surface area contributed by atoms with Crippen LogP contribution in [-0.4, -0.2) is 33.6 Å². The van der Waals surface area contributed by atoms with E-state index in [1.807, 2.05) is 18.2 Å². The molecule has 1 heterocycles. The highest BCUT2D eigenvalue weighted by Crippen LogP contribution is 2.37. The fraction of sp³-hybridized carbons (Fsp3) is 0.571. The monoisotopic (exact) mass is 283 g/mol. The van der Waals surface area contributed by atoms with Gasteiger partial charge in [0.25, 0.3) is 0 Å². The van der Waals surface area contributed by atoms with Gasteiger partial charge in [-0.2, -0.15) is 0 Å². The summed E-state index contributed by atoms with van der Waals surface area (Å²) in [5, 5.41) is 0. The Labute approximate surface area is 114 Å². The number of ether oxygens (including phenoxy) is 1. The molecule has 1 aliphatic rings. The summed E-state index contributed by atoms with van der Waals surface area (Å²) in [7, 11) is -2.90. The largest absolute Gasteiger partial charge is 0.493 e. The first-order valence-corrected chi connectivity index (χ1v) is 8.59. The lowest BCUT2D eigenvalue weighted by atomic mass is 9.77. The van der Waals surface area contributed by atoms with Gasteiger partial charge in [0.15, 0.2) is 0 Å². The highest BCUT2D eigenvalue weighted by Gasteiger charge is 2.34. The number of fused-ring (bicyclic) bond motifs is 1. The average Bonchev–Trinajstić information content (AvgIpc) is 2.37. The minimum Gasteiger partial charge on any atom is -0.493 e. The van der Waals surface area contributed by atoms with Gasteiger partial charge in [-0.3, -0.25) is 0 Å². The first kappa shape index (κ1) is 14.3. The van der Waals surface area contributed by atoms with E-state index in [-0.39, 0.29) is 11.2 Å². The Morgan fingerprint density at radius 3 is 2.79 bits per heavy atom. The maximum Gasteiger partial charge on any atom is 0.147 e. The Kier molecular flexibility index (Phi) is 4.16. The minimum absolute atomic E-state index is 0.126. The summed E-state index contributed by atoms with van der Waals surface area (Å²) in [5.74, 6) is 1.14. The summed E-state index contributed by atoms with van der Waals surface area (Å²) in [5.41, 5.74) is 6.96. The van der Waals surface area contributed by atoms with Crippen molar-refractivity contribution in [3.63, 3.8) is 0 Å². The Morgan fingerprint density at radius 2 is 2.11 bits per heavy atom. The highest BCUT2D eigenvalue weighted by atomic mass is 32.2. The fourth-order valence-corrected chi connectivity index (χ4v) is 3.25. The quantitative estimate of drug-likeness (QED) is 0.886. The smallest absolute Gasteiger partial charge is 0.147 e. The first-order valence-electron chi connectivity index (χ1n) is 6.53. The average molecular weight is 283 g/mol. The zero-order valence-electron chi connectivity index (χ0n) is 11.3. The van der Waals surface area contributed by atoms with Crippen LogP contribution in [0, 0.1) is 5.41 Å². The van der Waals surface area contributed by atoms with E-state index in [4.69, 9.17) is 10.5 Å². The molecule has 2 rings (SSSR count). The van der Waals surface area contributed by atoms with E-state index in [0.717, 1.165) is 18.6 Å². The molecule has 1 aromatic rings. The zero-order chi connectivity index (χ0) is 13.9. The molecule has 1 atom stereocenters. The molecule has 2 N–H and O–H groups in total. The lowest BCUT2D eigenvalue weighted by Crippen LogP contribution is -2.41. The normalized spacial score (nSPS) is 22.6.